The Morgan fingerprint density at radius 1 is 0.900 bits per heavy atom. The van der Waals surface area contributed by atoms with Crippen molar-refractivity contribution in [3.05, 3.63) is 71.8 Å². The standard InChI is InChI=1S/C15H11F3OS/c16-15(17,18)20-14(12-9-5-2-6-10-12)13(19)11-7-3-1-4-8-11/h1-10,14H/t14-/m1/s1. The third-order valence-corrected chi connectivity index (χ3v) is 3.64. The average molecular weight is 296 g/mol. The van der Waals surface area contributed by atoms with E-state index in [1.807, 2.05) is 0 Å². The molecule has 1 atom stereocenters. The zero-order valence-corrected chi connectivity index (χ0v) is 11.1. The third kappa shape index (κ3) is 3.87. The molecule has 0 fully saturated rings. The molecule has 0 aromatic heterocycles. The molecule has 0 bridgehead atoms. The van der Waals surface area contributed by atoms with E-state index in [0.29, 0.717) is 5.56 Å². The first-order chi connectivity index (χ1) is 9.47. The number of carbonyl (C=O) groups is 1. The molecule has 0 spiro atoms. The van der Waals surface area contributed by atoms with Crippen LogP contribution < -0.4 is 0 Å². The molecule has 0 saturated heterocycles. The van der Waals surface area contributed by atoms with Gasteiger partial charge in [0.05, 0.1) is 0 Å². The number of ketones is 1. The van der Waals surface area contributed by atoms with Crippen LogP contribution in [0.2, 0.25) is 0 Å². The molecule has 2 aromatic rings. The second-order valence-electron chi connectivity index (χ2n) is 4.08. The van der Waals surface area contributed by atoms with Crippen LogP contribution >= 0.6 is 11.8 Å². The molecule has 20 heavy (non-hydrogen) atoms. The van der Waals surface area contributed by atoms with Crippen LogP contribution in [-0.4, -0.2) is 11.3 Å². The molecular formula is C15H11F3OS. The van der Waals surface area contributed by atoms with Gasteiger partial charge in [0.15, 0.2) is 5.78 Å². The molecule has 0 aliphatic heterocycles. The first-order valence-corrected chi connectivity index (χ1v) is 6.74. The summed E-state index contributed by atoms with van der Waals surface area (Å²) >= 11 is -0.292. The molecule has 0 aliphatic rings. The second kappa shape index (κ2) is 6.13. The van der Waals surface area contributed by atoms with Gasteiger partial charge in [-0.3, -0.25) is 4.79 Å². The minimum atomic E-state index is -4.47. The Morgan fingerprint density at radius 2 is 1.40 bits per heavy atom. The zero-order chi connectivity index (χ0) is 14.6. The molecule has 1 nitrogen and oxygen atoms in total. The summed E-state index contributed by atoms with van der Waals surface area (Å²) in [5.41, 5.74) is -3.84. The van der Waals surface area contributed by atoms with E-state index in [4.69, 9.17) is 0 Å². The normalized spacial score (nSPS) is 12.9. The highest BCUT2D eigenvalue weighted by Gasteiger charge is 2.37. The van der Waals surface area contributed by atoms with Crippen LogP contribution in [0.5, 0.6) is 0 Å². The molecule has 0 radical (unpaired) electrons. The van der Waals surface area contributed by atoms with E-state index in [9.17, 15) is 18.0 Å². The zero-order valence-electron chi connectivity index (χ0n) is 10.3. The maximum Gasteiger partial charge on any atom is 0.442 e. The first kappa shape index (κ1) is 14.7. The van der Waals surface area contributed by atoms with Gasteiger partial charge >= 0.3 is 5.51 Å². The molecule has 5 heteroatoms. The number of hydrogen-bond donors (Lipinski definition) is 0. The van der Waals surface area contributed by atoms with E-state index < -0.39 is 16.5 Å². The lowest BCUT2D eigenvalue weighted by atomic mass is 10.0. The van der Waals surface area contributed by atoms with E-state index in [1.54, 1.807) is 36.4 Å². The SMILES string of the molecule is O=C(c1ccccc1)[C@H](SC(F)(F)F)c1ccccc1. The van der Waals surface area contributed by atoms with Gasteiger partial charge in [-0.2, -0.15) is 13.2 Å². The summed E-state index contributed by atoms with van der Waals surface area (Å²) in [7, 11) is 0. The predicted octanol–water partition coefficient (Wildman–Crippen LogP) is 4.86. The number of Topliss-reactive ketones (excluding diaryl/α,β-unsaturated/α-hetero) is 1. The fourth-order valence-corrected chi connectivity index (χ4v) is 2.59. The van der Waals surface area contributed by atoms with E-state index in [0.717, 1.165) is 0 Å². The number of alkyl halides is 3. The van der Waals surface area contributed by atoms with Gasteiger partial charge in [0.25, 0.3) is 0 Å². The van der Waals surface area contributed by atoms with Gasteiger partial charge in [0.2, 0.25) is 0 Å². The van der Waals surface area contributed by atoms with Crippen molar-refractivity contribution in [2.24, 2.45) is 0 Å². The number of thioether (sulfide) groups is 1. The Morgan fingerprint density at radius 3 is 1.90 bits per heavy atom. The van der Waals surface area contributed by atoms with Crippen LogP contribution in [0.3, 0.4) is 0 Å². The second-order valence-corrected chi connectivity index (χ2v) is 5.25. The topological polar surface area (TPSA) is 17.1 Å². The summed E-state index contributed by atoms with van der Waals surface area (Å²) in [5.74, 6) is -0.542. The molecule has 104 valence electrons. The van der Waals surface area contributed by atoms with Gasteiger partial charge in [-0.05, 0) is 17.3 Å². The summed E-state index contributed by atoms with van der Waals surface area (Å²) < 4.78 is 38.0. The molecule has 0 heterocycles. The lowest BCUT2D eigenvalue weighted by Gasteiger charge is -2.17. The first-order valence-electron chi connectivity index (χ1n) is 5.86. The van der Waals surface area contributed by atoms with Crippen molar-refractivity contribution in [3.63, 3.8) is 0 Å². The van der Waals surface area contributed by atoms with Crippen LogP contribution in [0.25, 0.3) is 0 Å². The highest BCUT2D eigenvalue weighted by Crippen LogP contribution is 2.43. The lowest BCUT2D eigenvalue weighted by molar-refractivity contribution is -0.0333. The van der Waals surface area contributed by atoms with Crippen LogP contribution in [0.1, 0.15) is 21.2 Å². The number of benzene rings is 2. The largest absolute Gasteiger partial charge is 0.442 e. The van der Waals surface area contributed by atoms with E-state index in [1.165, 1.54) is 24.3 Å². The Kier molecular flexibility index (Phi) is 4.49. The molecule has 0 unspecified atom stereocenters. The quantitative estimate of drug-likeness (QED) is 0.749. The van der Waals surface area contributed by atoms with Crippen molar-refractivity contribution in [3.8, 4) is 0 Å². The minimum absolute atomic E-state index is 0.276. The smallest absolute Gasteiger partial charge is 0.293 e. The van der Waals surface area contributed by atoms with Crippen molar-refractivity contribution >= 4 is 17.5 Å². The van der Waals surface area contributed by atoms with Crippen molar-refractivity contribution in [1.82, 2.24) is 0 Å². The van der Waals surface area contributed by atoms with Gasteiger partial charge in [0.1, 0.15) is 5.25 Å². The summed E-state index contributed by atoms with van der Waals surface area (Å²) in [4.78, 5) is 12.3. The lowest BCUT2D eigenvalue weighted by Crippen LogP contribution is -2.15. The number of halogens is 3. The van der Waals surface area contributed by atoms with E-state index in [2.05, 4.69) is 0 Å². The molecule has 0 N–H and O–H groups in total. The average Bonchev–Trinajstić information content (AvgIpc) is 2.45. The Hall–Kier alpha value is -1.75. The maximum absolute atomic E-state index is 12.7. The number of carbonyl (C=O) groups excluding carboxylic acids is 1. The van der Waals surface area contributed by atoms with Gasteiger partial charge in [-0.25, -0.2) is 0 Å². The van der Waals surface area contributed by atoms with Gasteiger partial charge < -0.3 is 0 Å². The van der Waals surface area contributed by atoms with Crippen molar-refractivity contribution in [1.29, 1.82) is 0 Å². The van der Waals surface area contributed by atoms with Crippen molar-refractivity contribution < 1.29 is 18.0 Å². The van der Waals surface area contributed by atoms with Crippen LogP contribution in [-0.2, 0) is 0 Å². The van der Waals surface area contributed by atoms with Gasteiger partial charge in [-0.1, -0.05) is 60.7 Å². The van der Waals surface area contributed by atoms with E-state index >= 15 is 0 Å². The molecule has 2 rings (SSSR count). The molecular weight excluding hydrogens is 285 g/mol. The van der Waals surface area contributed by atoms with E-state index in [-0.39, 0.29) is 17.3 Å². The monoisotopic (exact) mass is 296 g/mol. The third-order valence-electron chi connectivity index (χ3n) is 2.65. The number of rotatable bonds is 4. The van der Waals surface area contributed by atoms with Gasteiger partial charge in [0, 0.05) is 5.56 Å². The van der Waals surface area contributed by atoms with Crippen LogP contribution in [0.15, 0.2) is 60.7 Å². The Labute approximate surface area is 118 Å². The fraction of sp³-hybridized carbons (Fsp3) is 0.133. The minimum Gasteiger partial charge on any atom is -0.293 e. The van der Waals surface area contributed by atoms with Crippen molar-refractivity contribution in [2.75, 3.05) is 0 Å². The van der Waals surface area contributed by atoms with Crippen LogP contribution in [0, 0.1) is 0 Å². The summed E-state index contributed by atoms with van der Waals surface area (Å²) in [6, 6.07) is 16.0. The summed E-state index contributed by atoms with van der Waals surface area (Å²) in [6.07, 6.45) is 0. The van der Waals surface area contributed by atoms with Crippen molar-refractivity contribution in [2.45, 2.75) is 10.8 Å². The number of hydrogen-bond acceptors (Lipinski definition) is 2. The molecule has 0 aliphatic carbocycles. The highest BCUT2D eigenvalue weighted by molar-refractivity contribution is 8.01. The molecule has 0 saturated carbocycles. The molecule has 2 aromatic carbocycles. The summed E-state index contributed by atoms with van der Waals surface area (Å²) in [5, 5.41) is -1.28. The van der Waals surface area contributed by atoms with Gasteiger partial charge in [-0.15, -0.1) is 0 Å². The predicted molar refractivity (Wildman–Crippen MR) is 73.6 cm³/mol. The Balaban J connectivity index is 2.35. The molecule has 0 amide bonds. The fourth-order valence-electron chi connectivity index (χ4n) is 1.79. The maximum atomic E-state index is 12.7. The Bertz CT molecular complexity index is 567. The highest BCUT2D eigenvalue weighted by atomic mass is 32.2. The van der Waals surface area contributed by atoms with Crippen LogP contribution in [0.4, 0.5) is 13.2 Å². The summed E-state index contributed by atoms with van der Waals surface area (Å²) in [6.45, 7) is 0.